The number of fused-ring (bicyclic) bond motifs is 1. The van der Waals surface area contributed by atoms with Crippen LogP contribution in [0.2, 0.25) is 0 Å². The summed E-state index contributed by atoms with van der Waals surface area (Å²) in [6.07, 6.45) is 5.97. The number of carbonyl (C=O) groups is 1. The van der Waals surface area contributed by atoms with Gasteiger partial charge in [-0.2, -0.15) is 0 Å². The predicted octanol–water partition coefficient (Wildman–Crippen LogP) is 2.38. The van der Waals surface area contributed by atoms with Crippen molar-refractivity contribution in [1.82, 2.24) is 19.8 Å². The number of carbonyl (C=O) groups excluding carboxylic acids is 1. The van der Waals surface area contributed by atoms with E-state index < -0.39 is 0 Å². The van der Waals surface area contributed by atoms with Gasteiger partial charge >= 0.3 is 0 Å². The lowest BCUT2D eigenvalue weighted by atomic mass is 9.86. The number of likely N-dealkylation sites (tertiary alicyclic amines) is 1. The lowest BCUT2D eigenvalue weighted by Gasteiger charge is -2.49. The Hall–Kier alpha value is -1.99. The van der Waals surface area contributed by atoms with Gasteiger partial charge in [0.2, 0.25) is 5.91 Å². The molecule has 7 heteroatoms. The lowest BCUT2D eigenvalue weighted by Crippen LogP contribution is -2.61. The average Bonchev–Trinajstić information content (AvgIpc) is 3.08. The third-order valence-corrected chi connectivity index (χ3v) is 6.71. The molecule has 2 aromatic rings. The minimum Gasteiger partial charge on any atom is -0.353 e. The molecule has 6 nitrogen and oxygen atoms in total. The average molecular weight is 372 g/mol. The molecule has 2 aliphatic rings. The molecule has 0 aromatic carbocycles. The Morgan fingerprint density at radius 3 is 3.04 bits per heavy atom. The van der Waals surface area contributed by atoms with Gasteiger partial charge in [0.25, 0.3) is 0 Å². The largest absolute Gasteiger partial charge is 0.353 e. The van der Waals surface area contributed by atoms with Crippen molar-refractivity contribution >= 4 is 33.3 Å². The molecule has 26 heavy (non-hydrogen) atoms. The Kier molecular flexibility index (Phi) is 4.67. The van der Waals surface area contributed by atoms with Gasteiger partial charge in [-0.05, 0) is 31.3 Å². The number of thiophene rings is 1. The van der Waals surface area contributed by atoms with Gasteiger partial charge < -0.3 is 9.80 Å². The van der Waals surface area contributed by atoms with Crippen LogP contribution >= 0.6 is 11.3 Å². The zero-order valence-electron chi connectivity index (χ0n) is 15.2. The highest BCUT2D eigenvalue weighted by atomic mass is 32.1. The number of nitrogens with zero attached hydrogens (tertiary/aromatic N) is 5. The first-order valence-corrected chi connectivity index (χ1v) is 10.0. The van der Waals surface area contributed by atoms with E-state index >= 15 is 0 Å². The third kappa shape index (κ3) is 2.99. The number of likely N-dealkylation sites (N-methyl/N-ethyl adjacent to an activating group) is 1. The van der Waals surface area contributed by atoms with Crippen molar-refractivity contribution < 1.29 is 4.79 Å². The van der Waals surface area contributed by atoms with Crippen LogP contribution in [-0.2, 0) is 4.79 Å². The van der Waals surface area contributed by atoms with Crippen LogP contribution in [0.5, 0.6) is 0 Å². The molecule has 2 saturated heterocycles. The quantitative estimate of drug-likeness (QED) is 0.776. The molecule has 0 bridgehead atoms. The van der Waals surface area contributed by atoms with Crippen molar-refractivity contribution in [3.05, 3.63) is 30.4 Å². The Morgan fingerprint density at radius 2 is 2.19 bits per heavy atom. The molecule has 138 valence electrons. The summed E-state index contributed by atoms with van der Waals surface area (Å²) in [5.74, 6) is 1.27. The van der Waals surface area contributed by atoms with Gasteiger partial charge in [-0.15, -0.1) is 17.9 Å². The normalized spacial score (nSPS) is 25.0. The first kappa shape index (κ1) is 17.4. The van der Waals surface area contributed by atoms with E-state index in [1.807, 2.05) is 11.0 Å². The number of aromatic nitrogens is 2. The van der Waals surface area contributed by atoms with Gasteiger partial charge in [0.05, 0.1) is 5.39 Å². The van der Waals surface area contributed by atoms with Crippen molar-refractivity contribution in [2.24, 2.45) is 0 Å². The SMILES string of the molecule is C=CCN1CCC2(CCC1=O)CN(c1ncnc3sccc13)CCN2C. The van der Waals surface area contributed by atoms with Crippen LogP contribution in [0.1, 0.15) is 19.3 Å². The molecule has 0 aliphatic carbocycles. The summed E-state index contributed by atoms with van der Waals surface area (Å²) < 4.78 is 0. The molecule has 0 N–H and O–H groups in total. The second kappa shape index (κ2) is 6.96. The van der Waals surface area contributed by atoms with Crippen molar-refractivity contribution in [3.63, 3.8) is 0 Å². The summed E-state index contributed by atoms with van der Waals surface area (Å²) in [5, 5.41) is 3.21. The van der Waals surface area contributed by atoms with Gasteiger partial charge in [-0.25, -0.2) is 9.97 Å². The molecule has 2 aliphatic heterocycles. The Labute approximate surface area is 158 Å². The lowest BCUT2D eigenvalue weighted by molar-refractivity contribution is -0.130. The number of hydrogen-bond acceptors (Lipinski definition) is 6. The Balaban J connectivity index is 1.61. The molecule has 4 heterocycles. The second-order valence-corrected chi connectivity index (χ2v) is 8.18. The maximum absolute atomic E-state index is 12.5. The van der Waals surface area contributed by atoms with Crippen LogP contribution in [0, 0.1) is 0 Å². The zero-order chi connectivity index (χ0) is 18.1. The molecule has 1 unspecified atom stereocenters. The summed E-state index contributed by atoms with van der Waals surface area (Å²) in [4.78, 5) is 29.3. The molecule has 1 amide bonds. The monoisotopic (exact) mass is 371 g/mol. The molecule has 2 fully saturated rings. The van der Waals surface area contributed by atoms with Gasteiger partial charge in [0, 0.05) is 44.7 Å². The standard InChI is InChI=1S/C19H25N5OS/c1-3-8-23-9-7-19(6-4-16(23)25)13-24(11-10-22(19)2)17-15-5-12-26-18(15)21-14-20-17/h3,5,12,14H,1,4,6-11,13H2,2H3. The predicted molar refractivity (Wildman–Crippen MR) is 106 cm³/mol. The van der Waals surface area contributed by atoms with E-state index in [1.54, 1.807) is 17.7 Å². The smallest absolute Gasteiger partial charge is 0.222 e. The number of rotatable bonds is 3. The molecule has 4 rings (SSSR count). The molecule has 1 spiro atoms. The van der Waals surface area contributed by atoms with E-state index in [9.17, 15) is 4.79 Å². The van der Waals surface area contributed by atoms with Crippen LogP contribution in [-0.4, -0.2) is 71.0 Å². The minimum absolute atomic E-state index is 0.0110. The molecular weight excluding hydrogens is 346 g/mol. The van der Waals surface area contributed by atoms with Crippen molar-refractivity contribution in [3.8, 4) is 0 Å². The van der Waals surface area contributed by atoms with Crippen molar-refractivity contribution in [2.45, 2.75) is 24.8 Å². The molecule has 1 atom stereocenters. The van der Waals surface area contributed by atoms with E-state index in [1.165, 1.54) is 0 Å². The number of amides is 1. The maximum atomic E-state index is 12.5. The van der Waals surface area contributed by atoms with Crippen LogP contribution in [0.3, 0.4) is 0 Å². The van der Waals surface area contributed by atoms with Gasteiger partial charge in [-0.1, -0.05) is 6.08 Å². The van der Waals surface area contributed by atoms with Crippen molar-refractivity contribution in [1.29, 1.82) is 0 Å². The minimum atomic E-state index is 0.0110. The van der Waals surface area contributed by atoms with Gasteiger partial charge in [-0.3, -0.25) is 9.69 Å². The topological polar surface area (TPSA) is 52.6 Å². The van der Waals surface area contributed by atoms with Gasteiger partial charge in [0.15, 0.2) is 0 Å². The second-order valence-electron chi connectivity index (χ2n) is 7.28. The van der Waals surface area contributed by atoms with Crippen LogP contribution in [0.25, 0.3) is 10.2 Å². The molecule has 0 radical (unpaired) electrons. The highest BCUT2D eigenvalue weighted by Gasteiger charge is 2.42. The van der Waals surface area contributed by atoms with Gasteiger partial charge in [0.1, 0.15) is 17.0 Å². The van der Waals surface area contributed by atoms with Crippen LogP contribution < -0.4 is 4.90 Å². The first-order chi connectivity index (χ1) is 12.6. The fraction of sp³-hybridized carbons (Fsp3) is 0.526. The van der Waals surface area contributed by atoms with E-state index in [-0.39, 0.29) is 11.4 Å². The fourth-order valence-electron chi connectivity index (χ4n) is 4.25. The Morgan fingerprint density at radius 1 is 1.31 bits per heavy atom. The van der Waals surface area contributed by atoms with E-state index in [0.717, 1.165) is 55.1 Å². The first-order valence-electron chi connectivity index (χ1n) is 9.16. The molecular formula is C19H25N5OS. The zero-order valence-corrected chi connectivity index (χ0v) is 16.0. The van der Waals surface area contributed by atoms with E-state index in [4.69, 9.17) is 0 Å². The van der Waals surface area contributed by atoms with E-state index in [0.29, 0.717) is 13.0 Å². The summed E-state index contributed by atoms with van der Waals surface area (Å²) in [5.41, 5.74) is 0.0110. The summed E-state index contributed by atoms with van der Waals surface area (Å²) in [6.45, 7) is 8.05. The maximum Gasteiger partial charge on any atom is 0.222 e. The van der Waals surface area contributed by atoms with E-state index in [2.05, 4.69) is 44.8 Å². The summed E-state index contributed by atoms with van der Waals surface area (Å²) in [7, 11) is 2.20. The highest BCUT2D eigenvalue weighted by molar-refractivity contribution is 7.16. The number of piperazine rings is 1. The number of anilines is 1. The van der Waals surface area contributed by atoms with Crippen molar-refractivity contribution in [2.75, 3.05) is 44.7 Å². The summed E-state index contributed by atoms with van der Waals surface area (Å²) in [6, 6.07) is 2.11. The fourth-order valence-corrected chi connectivity index (χ4v) is 4.98. The molecule has 2 aromatic heterocycles. The molecule has 0 saturated carbocycles. The number of hydrogen-bond donors (Lipinski definition) is 0. The summed E-state index contributed by atoms with van der Waals surface area (Å²) >= 11 is 1.65. The third-order valence-electron chi connectivity index (χ3n) is 5.89. The van der Waals surface area contributed by atoms with Crippen LogP contribution in [0.15, 0.2) is 30.4 Å². The Bertz CT molecular complexity index is 821. The highest BCUT2D eigenvalue weighted by Crippen LogP contribution is 2.35. The van der Waals surface area contributed by atoms with Crippen LogP contribution in [0.4, 0.5) is 5.82 Å².